The summed E-state index contributed by atoms with van der Waals surface area (Å²) < 4.78 is 4.88. The maximum absolute atomic E-state index is 11.2. The van der Waals surface area contributed by atoms with E-state index in [-0.39, 0.29) is 5.91 Å². The lowest BCUT2D eigenvalue weighted by molar-refractivity contribution is 0.0918. The van der Waals surface area contributed by atoms with Gasteiger partial charge in [-0.3, -0.25) is 4.79 Å². The number of amides is 1. The van der Waals surface area contributed by atoms with Crippen molar-refractivity contribution in [1.82, 2.24) is 5.32 Å². The average molecular weight is 183 g/mol. The largest absolute Gasteiger partial charge is 0.459 e. The van der Waals surface area contributed by atoms with Crippen molar-refractivity contribution >= 4 is 5.91 Å². The van der Waals surface area contributed by atoms with Gasteiger partial charge in [-0.25, -0.2) is 0 Å². The molecular formula is C9H13NO3. The van der Waals surface area contributed by atoms with Gasteiger partial charge in [-0.1, -0.05) is 0 Å². The summed E-state index contributed by atoms with van der Waals surface area (Å²) in [5, 5.41) is 11.5. The zero-order valence-electron chi connectivity index (χ0n) is 7.49. The summed E-state index contributed by atoms with van der Waals surface area (Å²) in [6.45, 7) is 2.14. The van der Waals surface area contributed by atoms with E-state index in [0.29, 0.717) is 18.7 Å². The van der Waals surface area contributed by atoms with Crippen LogP contribution in [0.15, 0.2) is 22.8 Å². The van der Waals surface area contributed by atoms with Crippen LogP contribution >= 0.6 is 0 Å². The summed E-state index contributed by atoms with van der Waals surface area (Å²) in [7, 11) is 0. The van der Waals surface area contributed by atoms with Gasteiger partial charge in [-0.2, -0.15) is 0 Å². The second-order valence-electron chi connectivity index (χ2n) is 2.87. The number of hydrogen-bond acceptors (Lipinski definition) is 3. The molecule has 1 amide bonds. The normalized spacial score (nSPS) is 12.5. The molecule has 0 bridgehead atoms. The van der Waals surface area contributed by atoms with Gasteiger partial charge in [0.05, 0.1) is 12.4 Å². The third-order valence-electron chi connectivity index (χ3n) is 1.59. The standard InChI is InChI=1S/C9H13NO3/c1-7(11)4-5-10-9(12)8-3-2-6-13-8/h2-3,6-7,11H,4-5H2,1H3,(H,10,12). The van der Waals surface area contributed by atoms with Crippen molar-refractivity contribution in [2.45, 2.75) is 19.4 Å². The quantitative estimate of drug-likeness (QED) is 0.725. The van der Waals surface area contributed by atoms with Crippen molar-refractivity contribution in [1.29, 1.82) is 0 Å². The molecule has 13 heavy (non-hydrogen) atoms. The second-order valence-corrected chi connectivity index (χ2v) is 2.87. The Morgan fingerprint density at radius 3 is 3.08 bits per heavy atom. The molecule has 4 nitrogen and oxygen atoms in total. The van der Waals surface area contributed by atoms with Crippen LogP contribution in [-0.2, 0) is 0 Å². The van der Waals surface area contributed by atoms with Crippen LogP contribution in [-0.4, -0.2) is 23.7 Å². The molecule has 0 aliphatic rings. The first-order valence-electron chi connectivity index (χ1n) is 4.20. The number of rotatable bonds is 4. The summed E-state index contributed by atoms with van der Waals surface area (Å²) in [5.41, 5.74) is 0. The van der Waals surface area contributed by atoms with Crippen molar-refractivity contribution in [3.8, 4) is 0 Å². The fourth-order valence-corrected chi connectivity index (χ4v) is 0.889. The Morgan fingerprint density at radius 2 is 2.54 bits per heavy atom. The van der Waals surface area contributed by atoms with Crippen LogP contribution in [0.25, 0.3) is 0 Å². The number of aliphatic hydroxyl groups excluding tert-OH is 1. The molecule has 0 aliphatic carbocycles. The molecule has 0 spiro atoms. The Bertz CT molecular complexity index is 254. The molecule has 72 valence electrons. The van der Waals surface area contributed by atoms with Gasteiger partial charge >= 0.3 is 0 Å². The van der Waals surface area contributed by atoms with E-state index in [0.717, 1.165) is 0 Å². The first-order valence-corrected chi connectivity index (χ1v) is 4.20. The lowest BCUT2D eigenvalue weighted by Gasteiger charge is -2.04. The lowest BCUT2D eigenvalue weighted by atomic mass is 10.3. The van der Waals surface area contributed by atoms with Gasteiger partial charge in [0.1, 0.15) is 0 Å². The molecule has 0 radical (unpaired) electrons. The van der Waals surface area contributed by atoms with Crippen LogP contribution in [0.5, 0.6) is 0 Å². The Kier molecular flexibility index (Phi) is 3.52. The van der Waals surface area contributed by atoms with Gasteiger partial charge in [0.25, 0.3) is 5.91 Å². The molecule has 2 N–H and O–H groups in total. The molecule has 0 saturated heterocycles. The predicted octanol–water partition coefficient (Wildman–Crippen LogP) is 0.780. The van der Waals surface area contributed by atoms with Crippen LogP contribution in [0.1, 0.15) is 23.9 Å². The third kappa shape index (κ3) is 3.29. The molecule has 0 aliphatic heterocycles. The maximum Gasteiger partial charge on any atom is 0.286 e. The Hall–Kier alpha value is -1.29. The minimum Gasteiger partial charge on any atom is -0.459 e. The SMILES string of the molecule is CC(O)CCNC(=O)c1ccco1. The zero-order chi connectivity index (χ0) is 9.68. The number of hydrogen-bond donors (Lipinski definition) is 2. The smallest absolute Gasteiger partial charge is 0.286 e. The number of aliphatic hydroxyl groups is 1. The summed E-state index contributed by atoms with van der Waals surface area (Å²) in [5.74, 6) is 0.0521. The van der Waals surface area contributed by atoms with Gasteiger partial charge < -0.3 is 14.8 Å². The van der Waals surface area contributed by atoms with E-state index >= 15 is 0 Å². The third-order valence-corrected chi connectivity index (χ3v) is 1.59. The van der Waals surface area contributed by atoms with E-state index in [9.17, 15) is 4.79 Å². The van der Waals surface area contributed by atoms with Crippen LogP contribution in [0.4, 0.5) is 0 Å². The van der Waals surface area contributed by atoms with Gasteiger partial charge in [-0.15, -0.1) is 0 Å². The summed E-state index contributed by atoms with van der Waals surface area (Å²) >= 11 is 0. The van der Waals surface area contributed by atoms with Crippen LogP contribution in [0.3, 0.4) is 0 Å². The first-order chi connectivity index (χ1) is 6.20. The molecule has 0 saturated carbocycles. The Labute approximate surface area is 76.6 Å². The molecule has 1 aromatic rings. The molecule has 4 heteroatoms. The summed E-state index contributed by atoms with van der Waals surface area (Å²) in [6.07, 6.45) is 1.60. The van der Waals surface area contributed by atoms with E-state index in [4.69, 9.17) is 9.52 Å². The lowest BCUT2D eigenvalue weighted by Crippen LogP contribution is -2.26. The molecule has 1 rings (SSSR count). The van der Waals surface area contributed by atoms with E-state index in [1.807, 2.05) is 0 Å². The minimum atomic E-state index is -0.392. The van der Waals surface area contributed by atoms with Crippen molar-refractivity contribution in [3.63, 3.8) is 0 Å². The molecule has 0 aromatic carbocycles. The predicted molar refractivity (Wildman–Crippen MR) is 47.3 cm³/mol. The van der Waals surface area contributed by atoms with Gasteiger partial charge in [0.2, 0.25) is 0 Å². The highest BCUT2D eigenvalue weighted by atomic mass is 16.3. The van der Waals surface area contributed by atoms with E-state index in [1.54, 1.807) is 19.1 Å². The van der Waals surface area contributed by atoms with E-state index in [2.05, 4.69) is 5.32 Å². The van der Waals surface area contributed by atoms with Gasteiger partial charge in [0.15, 0.2) is 5.76 Å². The van der Waals surface area contributed by atoms with E-state index < -0.39 is 6.10 Å². The highest BCUT2D eigenvalue weighted by Crippen LogP contribution is 1.99. The molecule has 1 heterocycles. The number of carbonyl (C=O) groups excluding carboxylic acids is 1. The number of carbonyl (C=O) groups is 1. The van der Waals surface area contributed by atoms with Crippen LogP contribution in [0.2, 0.25) is 0 Å². The molecule has 0 fully saturated rings. The fourth-order valence-electron chi connectivity index (χ4n) is 0.889. The van der Waals surface area contributed by atoms with Crippen molar-refractivity contribution < 1.29 is 14.3 Å². The topological polar surface area (TPSA) is 62.5 Å². The molecule has 1 atom stereocenters. The summed E-state index contributed by atoms with van der Waals surface area (Å²) in [4.78, 5) is 11.2. The Morgan fingerprint density at radius 1 is 1.77 bits per heavy atom. The fraction of sp³-hybridized carbons (Fsp3) is 0.444. The van der Waals surface area contributed by atoms with E-state index in [1.165, 1.54) is 6.26 Å². The first kappa shape index (κ1) is 9.80. The van der Waals surface area contributed by atoms with Crippen molar-refractivity contribution in [3.05, 3.63) is 24.2 Å². The average Bonchev–Trinajstić information content (AvgIpc) is 2.55. The Balaban J connectivity index is 2.27. The van der Waals surface area contributed by atoms with Crippen molar-refractivity contribution in [2.75, 3.05) is 6.54 Å². The van der Waals surface area contributed by atoms with Crippen LogP contribution < -0.4 is 5.32 Å². The number of furan rings is 1. The maximum atomic E-state index is 11.2. The minimum absolute atomic E-state index is 0.245. The molecule has 1 aromatic heterocycles. The highest BCUT2D eigenvalue weighted by Gasteiger charge is 2.06. The zero-order valence-corrected chi connectivity index (χ0v) is 7.49. The monoisotopic (exact) mass is 183 g/mol. The van der Waals surface area contributed by atoms with Crippen molar-refractivity contribution in [2.24, 2.45) is 0 Å². The van der Waals surface area contributed by atoms with Crippen LogP contribution in [0, 0.1) is 0 Å². The highest BCUT2D eigenvalue weighted by molar-refractivity contribution is 5.91. The molecule has 1 unspecified atom stereocenters. The molecular weight excluding hydrogens is 170 g/mol. The van der Waals surface area contributed by atoms with Gasteiger partial charge in [0, 0.05) is 6.54 Å². The van der Waals surface area contributed by atoms with Gasteiger partial charge in [-0.05, 0) is 25.5 Å². The summed E-state index contributed by atoms with van der Waals surface area (Å²) in [6, 6.07) is 3.25. The number of nitrogens with one attached hydrogen (secondary N) is 1. The second kappa shape index (κ2) is 4.67.